The van der Waals surface area contributed by atoms with Crippen LogP contribution in [0.3, 0.4) is 0 Å². The highest BCUT2D eigenvalue weighted by Gasteiger charge is 2.36. The maximum Gasteiger partial charge on any atom is 0.226 e. The lowest BCUT2D eigenvalue weighted by atomic mass is 9.69. The van der Waals surface area contributed by atoms with Gasteiger partial charge in [-0.2, -0.15) is 0 Å². The molecule has 0 unspecified atom stereocenters. The molecule has 0 radical (unpaired) electrons. The Bertz CT molecular complexity index is 573. The number of amides is 1. The quantitative estimate of drug-likeness (QED) is 0.815. The summed E-state index contributed by atoms with van der Waals surface area (Å²) >= 11 is 0. The zero-order valence-electron chi connectivity index (χ0n) is 16.2. The van der Waals surface area contributed by atoms with Crippen LogP contribution in [0.25, 0.3) is 0 Å². The maximum absolute atomic E-state index is 13.1. The van der Waals surface area contributed by atoms with E-state index in [1.54, 1.807) is 0 Å². The van der Waals surface area contributed by atoms with E-state index in [1.165, 1.54) is 12.8 Å². The van der Waals surface area contributed by atoms with Crippen molar-refractivity contribution >= 4 is 11.7 Å². The number of anilines is 1. The average Bonchev–Trinajstić information content (AvgIpc) is 2.61. The van der Waals surface area contributed by atoms with Crippen molar-refractivity contribution in [2.24, 2.45) is 17.3 Å². The Balaban J connectivity index is 1.56. The molecule has 0 bridgehead atoms. The second kappa shape index (κ2) is 7.35. The molecule has 2 heterocycles. The Morgan fingerprint density at radius 1 is 1.12 bits per heavy atom. The van der Waals surface area contributed by atoms with E-state index >= 15 is 0 Å². The number of hydrogen-bond acceptors (Lipinski definition) is 3. The largest absolute Gasteiger partial charge is 0.353 e. The minimum absolute atomic E-state index is 0.238. The van der Waals surface area contributed by atoms with Crippen LogP contribution in [-0.4, -0.2) is 41.5 Å². The summed E-state index contributed by atoms with van der Waals surface area (Å²) < 4.78 is 0. The van der Waals surface area contributed by atoms with E-state index in [1.807, 2.05) is 18.3 Å². The van der Waals surface area contributed by atoms with Crippen molar-refractivity contribution in [3.05, 3.63) is 24.4 Å². The summed E-state index contributed by atoms with van der Waals surface area (Å²) in [5.74, 6) is 2.41. The van der Waals surface area contributed by atoms with Crippen molar-refractivity contribution in [2.45, 2.75) is 59.4 Å². The predicted octanol–water partition coefficient (Wildman–Crippen LogP) is 3.97. The fourth-order valence-electron chi connectivity index (χ4n) is 4.47. The van der Waals surface area contributed by atoms with Gasteiger partial charge in [0.05, 0.1) is 0 Å². The fourth-order valence-corrected chi connectivity index (χ4v) is 4.47. The minimum Gasteiger partial charge on any atom is -0.353 e. The molecule has 2 fully saturated rings. The van der Waals surface area contributed by atoms with Crippen molar-refractivity contribution in [3.8, 4) is 0 Å². The SMILES string of the molecule is C[C@@H]1CN(c2ccccn2)CCN1C(=O)C1CCC(C(C)(C)C)CC1. The van der Waals surface area contributed by atoms with E-state index in [9.17, 15) is 4.79 Å². The van der Waals surface area contributed by atoms with Crippen LogP contribution in [0.1, 0.15) is 53.4 Å². The van der Waals surface area contributed by atoms with Gasteiger partial charge in [0, 0.05) is 37.8 Å². The van der Waals surface area contributed by atoms with Crippen molar-refractivity contribution in [1.82, 2.24) is 9.88 Å². The van der Waals surface area contributed by atoms with Gasteiger partial charge in [-0.05, 0) is 56.1 Å². The molecule has 1 aromatic rings. The standard InChI is InChI=1S/C21H33N3O/c1-16-15-23(19-7-5-6-12-22-19)13-14-24(16)20(25)17-8-10-18(11-9-17)21(2,3)4/h5-7,12,16-18H,8-11,13-15H2,1-4H3/t16-,17?,18?/m1/s1. The number of pyridine rings is 1. The van der Waals surface area contributed by atoms with Crippen molar-refractivity contribution in [2.75, 3.05) is 24.5 Å². The molecule has 1 amide bonds. The second-order valence-corrected chi connectivity index (χ2v) is 8.93. The molecule has 1 aliphatic carbocycles. The van der Waals surface area contributed by atoms with Gasteiger partial charge in [0.15, 0.2) is 0 Å². The second-order valence-electron chi connectivity index (χ2n) is 8.93. The first-order valence-corrected chi connectivity index (χ1v) is 9.82. The van der Waals surface area contributed by atoms with Crippen LogP contribution in [-0.2, 0) is 4.79 Å². The lowest BCUT2D eigenvalue weighted by Crippen LogP contribution is -2.56. The number of rotatable bonds is 2. The number of piperazine rings is 1. The van der Waals surface area contributed by atoms with Crippen LogP contribution in [0.15, 0.2) is 24.4 Å². The summed E-state index contributed by atoms with van der Waals surface area (Å²) in [7, 11) is 0. The lowest BCUT2D eigenvalue weighted by molar-refractivity contribution is -0.139. The van der Waals surface area contributed by atoms with E-state index in [2.05, 4.69) is 48.5 Å². The smallest absolute Gasteiger partial charge is 0.226 e. The van der Waals surface area contributed by atoms with Crippen LogP contribution in [0.5, 0.6) is 0 Å². The monoisotopic (exact) mass is 343 g/mol. The number of nitrogens with zero attached hydrogens (tertiary/aromatic N) is 3. The van der Waals surface area contributed by atoms with E-state index in [0.717, 1.165) is 44.2 Å². The Kier molecular flexibility index (Phi) is 5.35. The summed E-state index contributed by atoms with van der Waals surface area (Å²) in [6.45, 7) is 11.7. The molecule has 3 rings (SSSR count). The molecule has 4 nitrogen and oxygen atoms in total. The molecule has 0 N–H and O–H groups in total. The summed E-state index contributed by atoms with van der Waals surface area (Å²) in [6.07, 6.45) is 6.36. The van der Waals surface area contributed by atoms with E-state index in [0.29, 0.717) is 11.3 Å². The molecule has 25 heavy (non-hydrogen) atoms. The van der Waals surface area contributed by atoms with Gasteiger partial charge in [0.1, 0.15) is 5.82 Å². The first-order chi connectivity index (χ1) is 11.9. The van der Waals surface area contributed by atoms with Crippen molar-refractivity contribution in [3.63, 3.8) is 0 Å². The predicted molar refractivity (Wildman–Crippen MR) is 103 cm³/mol. The number of carbonyl (C=O) groups is 1. The molecule has 1 aromatic heterocycles. The van der Waals surface area contributed by atoms with Gasteiger partial charge < -0.3 is 9.80 Å². The van der Waals surface area contributed by atoms with Crippen LogP contribution >= 0.6 is 0 Å². The third-order valence-corrected chi connectivity index (χ3v) is 6.19. The van der Waals surface area contributed by atoms with Gasteiger partial charge >= 0.3 is 0 Å². The van der Waals surface area contributed by atoms with Crippen molar-refractivity contribution < 1.29 is 4.79 Å². The Labute approximate surface area is 152 Å². The molecule has 1 saturated carbocycles. The van der Waals surface area contributed by atoms with Crippen LogP contribution in [0, 0.1) is 17.3 Å². The maximum atomic E-state index is 13.1. The van der Waals surface area contributed by atoms with Crippen molar-refractivity contribution in [1.29, 1.82) is 0 Å². The summed E-state index contributed by atoms with van der Waals surface area (Å²) in [5.41, 5.74) is 0.371. The van der Waals surface area contributed by atoms with Gasteiger partial charge in [-0.3, -0.25) is 4.79 Å². The molecule has 4 heteroatoms. The van der Waals surface area contributed by atoms with E-state index in [4.69, 9.17) is 0 Å². The zero-order valence-corrected chi connectivity index (χ0v) is 16.2. The molecular weight excluding hydrogens is 310 g/mol. The van der Waals surface area contributed by atoms with Gasteiger partial charge in [-0.25, -0.2) is 4.98 Å². The first-order valence-electron chi connectivity index (χ1n) is 9.82. The van der Waals surface area contributed by atoms with E-state index in [-0.39, 0.29) is 12.0 Å². The summed E-state index contributed by atoms with van der Waals surface area (Å²) in [6, 6.07) is 6.28. The molecule has 2 aliphatic rings. The van der Waals surface area contributed by atoms with Gasteiger partial charge in [0.25, 0.3) is 0 Å². The van der Waals surface area contributed by atoms with Crippen LogP contribution in [0.4, 0.5) is 5.82 Å². The molecule has 1 saturated heterocycles. The molecule has 1 aliphatic heterocycles. The van der Waals surface area contributed by atoms with Gasteiger partial charge in [-0.1, -0.05) is 26.8 Å². The molecule has 0 aromatic carbocycles. The number of carbonyl (C=O) groups excluding carboxylic acids is 1. The topological polar surface area (TPSA) is 36.4 Å². The van der Waals surface area contributed by atoms with E-state index < -0.39 is 0 Å². The van der Waals surface area contributed by atoms with Gasteiger partial charge in [0.2, 0.25) is 5.91 Å². The first kappa shape index (κ1) is 18.2. The lowest BCUT2D eigenvalue weighted by Gasteiger charge is -2.43. The highest BCUT2D eigenvalue weighted by atomic mass is 16.2. The zero-order chi connectivity index (χ0) is 18.0. The highest BCUT2D eigenvalue weighted by Crippen LogP contribution is 2.40. The molecule has 1 atom stereocenters. The highest BCUT2D eigenvalue weighted by molar-refractivity contribution is 5.79. The minimum atomic E-state index is 0.238. The number of hydrogen-bond donors (Lipinski definition) is 0. The number of aromatic nitrogens is 1. The Morgan fingerprint density at radius 2 is 1.84 bits per heavy atom. The third kappa shape index (κ3) is 4.16. The Morgan fingerprint density at radius 3 is 2.40 bits per heavy atom. The summed E-state index contributed by atoms with van der Waals surface area (Å²) in [4.78, 5) is 21.9. The summed E-state index contributed by atoms with van der Waals surface area (Å²) in [5, 5.41) is 0. The van der Waals surface area contributed by atoms with Crippen LogP contribution in [0.2, 0.25) is 0 Å². The molecule has 138 valence electrons. The average molecular weight is 344 g/mol. The van der Waals surface area contributed by atoms with Gasteiger partial charge in [-0.15, -0.1) is 0 Å². The Hall–Kier alpha value is -1.58. The van der Waals surface area contributed by atoms with Crippen LogP contribution < -0.4 is 4.90 Å². The molecule has 0 spiro atoms. The third-order valence-electron chi connectivity index (χ3n) is 6.19. The molecular formula is C21H33N3O. The normalized spacial score (nSPS) is 28.1. The fraction of sp³-hybridized carbons (Fsp3) is 0.714.